The van der Waals surface area contributed by atoms with Crippen LogP contribution in [0, 0.1) is 0 Å². The first-order chi connectivity index (χ1) is 63.3. The molecule has 25 heteroatoms. The Bertz CT molecular complexity index is 3800. The minimum absolute atomic E-state index is 0. The van der Waals surface area contributed by atoms with Crippen LogP contribution in [0.2, 0.25) is 0 Å². The summed E-state index contributed by atoms with van der Waals surface area (Å²) in [4.78, 5) is -0.300. The van der Waals surface area contributed by atoms with Crippen LogP contribution < -0.4 is 0 Å². The van der Waals surface area contributed by atoms with E-state index in [1.165, 1.54) is 345 Å². The van der Waals surface area contributed by atoms with Crippen LogP contribution in [0.4, 0.5) is 0 Å². The van der Waals surface area contributed by atoms with Crippen molar-refractivity contribution in [2.75, 3.05) is 0 Å². The molecule has 6 aromatic rings. The minimum atomic E-state index is -4.35. The van der Waals surface area contributed by atoms with Crippen molar-refractivity contribution in [2.24, 2.45) is 0 Å². The Kier molecular flexibility index (Phi) is 79.4. The molecule has 0 spiro atoms. The Hall–Kier alpha value is -4.53. The molecule has 0 unspecified atom stereocenters. The molecule has 756 valence electrons. The summed E-state index contributed by atoms with van der Waals surface area (Å²) in [5.74, 6) is 0. The standard InChI is InChI=1S/6C18H30O3S.W/c6*1-2-3-4-5-6-7-8-9-10-11-14-17-15-12-13-16-18(17)22(19,20)21;/h6*12-13,15-16H,2-11,14H2,1H3,(H,19,20,21);/q;;;;;;+6/p-6. The van der Waals surface area contributed by atoms with E-state index in [0.29, 0.717) is 71.9 Å². The Balaban J connectivity index is 0.00000157. The fourth-order valence-corrected chi connectivity index (χ4v) is 21.0. The number of unbranched alkanes of at least 4 members (excludes halogenated alkanes) is 54. The van der Waals surface area contributed by atoms with E-state index in [9.17, 15) is 77.8 Å². The molecule has 0 N–H and O–H groups in total. The van der Waals surface area contributed by atoms with Crippen molar-refractivity contribution in [1.82, 2.24) is 0 Å². The van der Waals surface area contributed by atoms with Crippen molar-refractivity contribution >= 4 is 60.7 Å². The average molecular weight is 2140 g/mol. The Morgan fingerprint density at radius 1 is 0.143 bits per heavy atom. The van der Waals surface area contributed by atoms with Gasteiger partial charge in [-0.05, 0) is 147 Å². The zero-order chi connectivity index (χ0) is 97.6. The van der Waals surface area contributed by atoms with Gasteiger partial charge in [-0.2, -0.15) is 0 Å². The van der Waals surface area contributed by atoms with Gasteiger partial charge in [0, 0.05) is 0 Å². The predicted octanol–water partition coefficient (Wildman–Crippen LogP) is 30.3. The van der Waals surface area contributed by atoms with Gasteiger partial charge in [0.1, 0.15) is 60.7 Å². The molecular formula is C108H174O18S6W. The Morgan fingerprint density at radius 3 is 0.316 bits per heavy atom. The fraction of sp³-hybridized carbons (Fsp3) is 0.667. The molecule has 0 aliphatic carbocycles. The first kappa shape index (κ1) is 128. The van der Waals surface area contributed by atoms with E-state index in [1.807, 2.05) is 0 Å². The van der Waals surface area contributed by atoms with Gasteiger partial charge < -0.3 is 27.3 Å². The smallest absolute Gasteiger partial charge is 0.744 e. The van der Waals surface area contributed by atoms with Crippen molar-refractivity contribution in [1.29, 1.82) is 0 Å². The van der Waals surface area contributed by atoms with Crippen LogP contribution in [-0.2, 0) is 120 Å². The van der Waals surface area contributed by atoms with E-state index in [4.69, 9.17) is 0 Å². The summed E-state index contributed by atoms with van der Waals surface area (Å²) in [6.07, 6.45) is 78.9. The van der Waals surface area contributed by atoms with Crippen LogP contribution in [0.25, 0.3) is 0 Å². The molecule has 0 aliphatic heterocycles. The van der Waals surface area contributed by atoms with E-state index in [-0.39, 0.29) is 50.4 Å². The van der Waals surface area contributed by atoms with E-state index in [1.54, 1.807) is 109 Å². The summed E-state index contributed by atoms with van der Waals surface area (Å²) in [7, 11) is -26.1. The van der Waals surface area contributed by atoms with Crippen LogP contribution in [0.15, 0.2) is 175 Å². The molecule has 0 heterocycles. The largest absolute Gasteiger partial charge is 6.00 e. The predicted molar refractivity (Wildman–Crippen MR) is 540 cm³/mol. The zero-order valence-corrected chi connectivity index (χ0v) is 90.6. The summed E-state index contributed by atoms with van der Waals surface area (Å²) >= 11 is 0. The van der Waals surface area contributed by atoms with Crippen molar-refractivity contribution in [3.63, 3.8) is 0 Å². The second kappa shape index (κ2) is 82.2. The van der Waals surface area contributed by atoms with Crippen LogP contribution in [0.3, 0.4) is 0 Å². The van der Waals surface area contributed by atoms with E-state index >= 15 is 0 Å². The van der Waals surface area contributed by atoms with Gasteiger partial charge in [0.25, 0.3) is 0 Å². The topological polar surface area (TPSA) is 343 Å². The third kappa shape index (κ3) is 69.9. The van der Waals surface area contributed by atoms with Gasteiger partial charge in [0.15, 0.2) is 0 Å². The number of benzene rings is 6. The number of rotatable bonds is 72. The van der Waals surface area contributed by atoms with Gasteiger partial charge >= 0.3 is 21.1 Å². The van der Waals surface area contributed by atoms with Crippen LogP contribution in [-0.4, -0.2) is 77.8 Å². The average Bonchev–Trinajstić information content (AvgIpc) is 0.870. The third-order valence-electron chi connectivity index (χ3n) is 24.2. The molecule has 18 nitrogen and oxygen atoms in total. The van der Waals surface area contributed by atoms with Gasteiger partial charge in [0.05, 0.1) is 29.4 Å². The Morgan fingerprint density at radius 2 is 0.226 bits per heavy atom. The molecule has 0 saturated heterocycles. The van der Waals surface area contributed by atoms with Crippen LogP contribution in [0.1, 0.15) is 460 Å². The monoisotopic (exact) mass is 2140 g/mol. The molecule has 133 heavy (non-hydrogen) atoms. The van der Waals surface area contributed by atoms with Crippen LogP contribution in [0.5, 0.6) is 0 Å². The second-order valence-corrected chi connectivity index (χ2v) is 44.1. The summed E-state index contributed by atoms with van der Waals surface area (Å²) in [5.41, 5.74) is 3.98. The number of hydrogen-bond acceptors (Lipinski definition) is 18. The van der Waals surface area contributed by atoms with E-state index < -0.39 is 60.7 Å². The van der Waals surface area contributed by atoms with Crippen LogP contribution >= 0.6 is 0 Å². The summed E-state index contributed by atoms with van der Waals surface area (Å²) in [6, 6.07) is 39.3. The van der Waals surface area contributed by atoms with Gasteiger partial charge in [0.2, 0.25) is 0 Å². The summed E-state index contributed by atoms with van der Waals surface area (Å²) < 4.78 is 201. The zero-order valence-electron chi connectivity index (χ0n) is 82.7. The molecule has 0 bridgehead atoms. The molecule has 0 atom stereocenters. The number of hydrogen-bond donors (Lipinski definition) is 0. The summed E-state index contributed by atoms with van der Waals surface area (Å²) in [6.45, 7) is 13.4. The maximum atomic E-state index is 11.2. The van der Waals surface area contributed by atoms with Gasteiger partial charge in [-0.3, -0.25) is 0 Å². The van der Waals surface area contributed by atoms with E-state index in [0.717, 1.165) is 77.0 Å². The molecule has 6 aromatic carbocycles. The SMILES string of the molecule is CCCCCCCCCCCCc1ccccc1S(=O)(=O)[O-].CCCCCCCCCCCCc1ccccc1S(=O)(=O)[O-].CCCCCCCCCCCCc1ccccc1S(=O)(=O)[O-].CCCCCCCCCCCCc1ccccc1S(=O)(=O)[O-].CCCCCCCCCCCCc1ccccc1S(=O)(=O)[O-].CCCCCCCCCCCCc1ccccc1S(=O)(=O)[O-].[W+6]. The van der Waals surface area contributed by atoms with Crippen molar-refractivity contribution in [3.05, 3.63) is 179 Å². The number of aryl methyl sites for hydroxylation is 6. The first-order valence-electron chi connectivity index (χ1n) is 51.6. The van der Waals surface area contributed by atoms with Gasteiger partial charge in [-0.25, -0.2) is 50.5 Å². The van der Waals surface area contributed by atoms with Crippen molar-refractivity contribution in [2.45, 2.75) is 495 Å². The van der Waals surface area contributed by atoms with Crippen molar-refractivity contribution < 1.29 is 98.9 Å². The molecule has 0 saturated carbocycles. The second-order valence-electron chi connectivity index (χ2n) is 36.0. The first-order valence-corrected chi connectivity index (χ1v) is 60.0. The molecule has 0 amide bonds. The van der Waals surface area contributed by atoms with E-state index in [2.05, 4.69) is 41.5 Å². The maximum Gasteiger partial charge on any atom is 6.00 e. The minimum Gasteiger partial charge on any atom is -0.744 e. The quantitative estimate of drug-likeness (QED) is 0.0253. The molecule has 0 radical (unpaired) electrons. The molecular weight excluding hydrogens is 1960 g/mol. The Labute approximate surface area is 826 Å². The van der Waals surface area contributed by atoms with Gasteiger partial charge in [-0.15, -0.1) is 0 Å². The third-order valence-corrected chi connectivity index (χ3v) is 29.9. The maximum absolute atomic E-state index is 11.2. The molecule has 0 aromatic heterocycles. The fourth-order valence-electron chi connectivity index (χ4n) is 16.5. The van der Waals surface area contributed by atoms with Crippen molar-refractivity contribution in [3.8, 4) is 0 Å². The molecule has 6 rings (SSSR count). The molecule has 0 fully saturated rings. The molecule has 0 aliphatic rings. The van der Waals surface area contributed by atoms with Gasteiger partial charge in [-0.1, -0.05) is 497 Å². The summed E-state index contributed by atoms with van der Waals surface area (Å²) in [5, 5.41) is 0. The normalized spacial score (nSPS) is 11.6.